The first kappa shape index (κ1) is 6.70. The Morgan fingerprint density at radius 2 is 2.27 bits per heavy atom. The molecule has 2 aromatic rings. The van der Waals surface area contributed by atoms with E-state index in [2.05, 4.69) is 20.3 Å². The highest BCUT2D eigenvalue weighted by molar-refractivity contribution is 14.1. The summed E-state index contributed by atoms with van der Waals surface area (Å²) in [7, 11) is 0. The normalized spacial score (nSPS) is 10.6. The molecule has 0 saturated carbocycles. The van der Waals surface area contributed by atoms with Gasteiger partial charge in [-0.3, -0.25) is 0 Å². The van der Waals surface area contributed by atoms with Gasteiger partial charge >= 0.3 is 0 Å². The van der Waals surface area contributed by atoms with Crippen molar-refractivity contribution in [1.82, 2.24) is 23.2 Å². The highest BCUT2D eigenvalue weighted by Gasteiger charge is 2.06. The third kappa shape index (κ3) is 0.914. The molecule has 0 atom stereocenters. The predicted octanol–water partition coefficient (Wildman–Crippen LogP) is 0.00160. The number of nitrogen functional groups attached to an aromatic ring is 1. The fourth-order valence-corrected chi connectivity index (χ4v) is 1.32. The molecule has 0 unspecified atom stereocenters. The van der Waals surface area contributed by atoms with E-state index in [1.165, 1.54) is 9.22 Å². The minimum Gasteiger partial charge on any atom is -0.382 e. The van der Waals surface area contributed by atoms with Crippen LogP contribution in [0.5, 0.6) is 0 Å². The lowest BCUT2D eigenvalue weighted by Gasteiger charge is -1.91. The number of anilines is 1. The quantitative estimate of drug-likeness (QED) is 0.676. The zero-order valence-corrected chi connectivity index (χ0v) is 7.43. The Kier molecular flexibility index (Phi) is 1.37. The summed E-state index contributed by atoms with van der Waals surface area (Å²) >= 11 is 1.96. The minimum absolute atomic E-state index is 0.398. The standard InChI is InChI=1S/C4H3IN6/c5-11-2-3(6)7-1-8-4(2)9-10-11/h1H,(H2,6,7,8). The highest BCUT2D eigenvalue weighted by atomic mass is 127. The molecule has 0 amide bonds. The third-order valence-electron chi connectivity index (χ3n) is 1.23. The summed E-state index contributed by atoms with van der Waals surface area (Å²) in [5.74, 6) is 0.398. The van der Waals surface area contributed by atoms with Crippen molar-refractivity contribution in [2.24, 2.45) is 0 Å². The number of hydrogen-bond acceptors (Lipinski definition) is 5. The molecular weight excluding hydrogens is 259 g/mol. The predicted molar refractivity (Wildman–Crippen MR) is 46.9 cm³/mol. The first-order valence-corrected chi connectivity index (χ1v) is 3.73. The number of hydrogen-bond donors (Lipinski definition) is 1. The van der Waals surface area contributed by atoms with E-state index >= 15 is 0 Å². The Labute approximate surface area is 75.3 Å². The van der Waals surface area contributed by atoms with Gasteiger partial charge in [-0.25, -0.2) is 9.97 Å². The second-order valence-corrected chi connectivity index (χ2v) is 2.79. The number of aromatic nitrogens is 5. The Balaban J connectivity index is 2.96. The van der Waals surface area contributed by atoms with E-state index in [9.17, 15) is 0 Å². The molecule has 0 saturated heterocycles. The van der Waals surface area contributed by atoms with Crippen LogP contribution in [0.2, 0.25) is 0 Å². The second kappa shape index (κ2) is 2.26. The Morgan fingerprint density at radius 1 is 1.45 bits per heavy atom. The van der Waals surface area contributed by atoms with E-state index < -0.39 is 0 Å². The molecule has 6 nitrogen and oxygen atoms in total. The van der Waals surface area contributed by atoms with E-state index in [1.807, 2.05) is 22.9 Å². The molecule has 0 fully saturated rings. The molecule has 0 bridgehead atoms. The summed E-state index contributed by atoms with van der Waals surface area (Å²) in [5, 5.41) is 7.48. The van der Waals surface area contributed by atoms with Crippen molar-refractivity contribution in [1.29, 1.82) is 0 Å². The van der Waals surface area contributed by atoms with Crippen molar-refractivity contribution in [3.8, 4) is 0 Å². The molecule has 11 heavy (non-hydrogen) atoms. The first-order valence-electron chi connectivity index (χ1n) is 2.77. The van der Waals surface area contributed by atoms with Crippen LogP contribution in [0.4, 0.5) is 5.82 Å². The SMILES string of the molecule is Nc1ncnc2nnn(I)c12. The highest BCUT2D eigenvalue weighted by Crippen LogP contribution is 2.14. The van der Waals surface area contributed by atoms with E-state index in [0.29, 0.717) is 17.0 Å². The van der Waals surface area contributed by atoms with E-state index in [-0.39, 0.29) is 0 Å². The van der Waals surface area contributed by atoms with Crippen LogP contribution in [-0.4, -0.2) is 23.2 Å². The first-order chi connectivity index (χ1) is 5.29. The van der Waals surface area contributed by atoms with Gasteiger partial charge in [-0.1, -0.05) is 5.21 Å². The van der Waals surface area contributed by atoms with Gasteiger partial charge in [0.25, 0.3) is 0 Å². The summed E-state index contributed by atoms with van der Waals surface area (Å²) in [4.78, 5) is 7.67. The number of nitrogens with zero attached hydrogens (tertiary/aromatic N) is 5. The molecule has 0 aliphatic rings. The van der Waals surface area contributed by atoms with E-state index in [4.69, 9.17) is 5.73 Å². The molecule has 0 spiro atoms. The second-order valence-electron chi connectivity index (χ2n) is 1.88. The maximum atomic E-state index is 5.54. The van der Waals surface area contributed by atoms with E-state index in [0.717, 1.165) is 0 Å². The van der Waals surface area contributed by atoms with Gasteiger partial charge in [0.15, 0.2) is 11.3 Å². The van der Waals surface area contributed by atoms with Gasteiger partial charge in [-0.2, -0.15) is 2.90 Å². The van der Waals surface area contributed by atoms with Crippen molar-refractivity contribution >= 4 is 39.8 Å². The van der Waals surface area contributed by atoms with Crippen molar-refractivity contribution < 1.29 is 0 Å². The van der Waals surface area contributed by atoms with Crippen LogP contribution >= 0.6 is 22.9 Å². The molecule has 2 N–H and O–H groups in total. The van der Waals surface area contributed by atoms with Crippen molar-refractivity contribution in [2.75, 3.05) is 5.73 Å². The third-order valence-corrected chi connectivity index (χ3v) is 1.91. The zero-order chi connectivity index (χ0) is 7.84. The van der Waals surface area contributed by atoms with Crippen LogP contribution in [0.15, 0.2) is 6.33 Å². The molecule has 2 heterocycles. The van der Waals surface area contributed by atoms with Crippen molar-refractivity contribution in [3.63, 3.8) is 0 Å². The average molecular weight is 262 g/mol. The lowest BCUT2D eigenvalue weighted by molar-refractivity contribution is 0.935. The van der Waals surface area contributed by atoms with Crippen LogP contribution in [-0.2, 0) is 0 Å². The van der Waals surface area contributed by atoms with Gasteiger partial charge in [-0.15, -0.1) is 5.10 Å². The monoisotopic (exact) mass is 262 g/mol. The molecule has 0 aromatic carbocycles. The average Bonchev–Trinajstić information content (AvgIpc) is 2.34. The smallest absolute Gasteiger partial charge is 0.208 e. The molecule has 7 heteroatoms. The zero-order valence-electron chi connectivity index (χ0n) is 5.27. The van der Waals surface area contributed by atoms with E-state index in [1.54, 1.807) is 0 Å². The Morgan fingerprint density at radius 3 is 3.00 bits per heavy atom. The Hall–Kier alpha value is -0.990. The largest absolute Gasteiger partial charge is 0.382 e. The summed E-state index contributed by atoms with van der Waals surface area (Å²) in [6.07, 6.45) is 1.36. The summed E-state index contributed by atoms with van der Waals surface area (Å²) < 4.78 is 1.52. The molecule has 56 valence electrons. The van der Waals surface area contributed by atoms with Crippen LogP contribution < -0.4 is 5.73 Å². The maximum absolute atomic E-state index is 5.54. The number of rotatable bonds is 0. The lowest BCUT2D eigenvalue weighted by Crippen LogP contribution is -1.94. The fraction of sp³-hybridized carbons (Fsp3) is 0. The molecule has 2 rings (SSSR count). The Bertz CT molecular complexity index is 394. The van der Waals surface area contributed by atoms with Crippen LogP contribution in [0.3, 0.4) is 0 Å². The van der Waals surface area contributed by atoms with Crippen LogP contribution in [0, 0.1) is 0 Å². The maximum Gasteiger partial charge on any atom is 0.208 e. The minimum atomic E-state index is 0.398. The summed E-state index contributed by atoms with van der Waals surface area (Å²) in [6.45, 7) is 0. The fourth-order valence-electron chi connectivity index (χ4n) is 0.759. The van der Waals surface area contributed by atoms with Gasteiger partial charge in [0.05, 0.1) is 22.9 Å². The lowest BCUT2D eigenvalue weighted by atomic mass is 10.5. The van der Waals surface area contributed by atoms with Crippen LogP contribution in [0.25, 0.3) is 11.2 Å². The van der Waals surface area contributed by atoms with Crippen molar-refractivity contribution in [3.05, 3.63) is 6.33 Å². The number of halogens is 1. The van der Waals surface area contributed by atoms with Gasteiger partial charge < -0.3 is 5.73 Å². The number of nitrogens with two attached hydrogens (primary N) is 1. The molecule has 0 aliphatic carbocycles. The summed E-state index contributed by atoms with van der Waals surface area (Å²) in [5.41, 5.74) is 6.73. The van der Waals surface area contributed by atoms with Gasteiger partial charge in [0, 0.05) is 0 Å². The molecule has 2 aromatic heterocycles. The van der Waals surface area contributed by atoms with Gasteiger partial charge in [-0.05, 0) is 0 Å². The number of fused-ring (bicyclic) bond motifs is 1. The summed E-state index contributed by atoms with van der Waals surface area (Å²) in [6, 6.07) is 0. The van der Waals surface area contributed by atoms with Crippen LogP contribution in [0.1, 0.15) is 0 Å². The van der Waals surface area contributed by atoms with Crippen molar-refractivity contribution in [2.45, 2.75) is 0 Å². The topological polar surface area (TPSA) is 82.5 Å². The molecule has 0 radical (unpaired) electrons. The van der Waals surface area contributed by atoms with Gasteiger partial charge in [0.2, 0.25) is 5.65 Å². The molecular formula is C4H3IN6. The van der Waals surface area contributed by atoms with Gasteiger partial charge in [0.1, 0.15) is 6.33 Å². The molecule has 0 aliphatic heterocycles.